The van der Waals surface area contributed by atoms with Crippen LogP contribution in [0.3, 0.4) is 0 Å². The van der Waals surface area contributed by atoms with Gasteiger partial charge in [0.2, 0.25) is 11.8 Å². The van der Waals surface area contributed by atoms with Crippen molar-refractivity contribution in [2.45, 2.75) is 25.7 Å². The molecular formula is C42H36Cl4N14O2. The number of amides is 2. The van der Waals surface area contributed by atoms with Gasteiger partial charge in [-0.15, -0.1) is 0 Å². The van der Waals surface area contributed by atoms with Crippen molar-refractivity contribution in [3.8, 4) is 22.3 Å². The van der Waals surface area contributed by atoms with Crippen LogP contribution in [0.25, 0.3) is 33.3 Å². The van der Waals surface area contributed by atoms with Crippen LogP contribution in [0, 0.1) is 5.92 Å². The van der Waals surface area contributed by atoms with E-state index in [9.17, 15) is 9.59 Å². The Bertz CT molecular complexity index is 3000. The quantitative estimate of drug-likeness (QED) is 0.148. The fourth-order valence-corrected chi connectivity index (χ4v) is 8.87. The summed E-state index contributed by atoms with van der Waals surface area (Å²) in [6, 6.07) is 14.3. The Morgan fingerprint density at radius 1 is 0.694 bits per heavy atom. The van der Waals surface area contributed by atoms with Gasteiger partial charge in [0.1, 0.15) is 30.4 Å². The van der Waals surface area contributed by atoms with E-state index in [1.54, 1.807) is 56.7 Å². The predicted octanol–water partition coefficient (Wildman–Crippen LogP) is 6.32. The van der Waals surface area contributed by atoms with Gasteiger partial charge < -0.3 is 20.0 Å². The smallest absolute Gasteiger partial charge is 0.228 e. The lowest BCUT2D eigenvalue weighted by atomic mass is 9.99. The number of carbonyl (C=O) groups is 2. The van der Waals surface area contributed by atoms with Crippen molar-refractivity contribution >= 4 is 80.9 Å². The number of rotatable bonds is 12. The van der Waals surface area contributed by atoms with Crippen LogP contribution in [0.5, 0.6) is 0 Å². The minimum atomic E-state index is -0.200. The molecule has 2 saturated heterocycles. The molecule has 8 heterocycles. The number of hydrogen-bond donors (Lipinski definition) is 1. The molecule has 10 rings (SSSR count). The Kier molecular flexibility index (Phi) is 10.5. The fraction of sp³-hybridized carbons (Fsp3) is 0.238. The van der Waals surface area contributed by atoms with E-state index in [1.165, 1.54) is 6.33 Å². The van der Waals surface area contributed by atoms with Crippen molar-refractivity contribution in [1.29, 1.82) is 0 Å². The first-order valence-corrected chi connectivity index (χ1v) is 21.2. The molecule has 62 heavy (non-hydrogen) atoms. The first-order chi connectivity index (χ1) is 30.0. The summed E-state index contributed by atoms with van der Waals surface area (Å²) >= 11 is 25.0. The highest BCUT2D eigenvalue weighted by Crippen LogP contribution is 2.33. The Morgan fingerprint density at radius 3 is 1.87 bits per heavy atom. The molecule has 0 aliphatic carbocycles. The number of fused-ring (bicyclic) bond motifs is 2. The lowest BCUT2D eigenvalue weighted by Gasteiger charge is -2.46. The summed E-state index contributed by atoms with van der Waals surface area (Å²) in [6.45, 7) is 2.64. The maximum atomic E-state index is 14.2. The van der Waals surface area contributed by atoms with Crippen molar-refractivity contribution in [3.05, 3.63) is 130 Å². The number of carbonyl (C=O) groups excluding carboxylic acids is 2. The Morgan fingerprint density at radius 2 is 1.27 bits per heavy atom. The van der Waals surface area contributed by atoms with E-state index in [0.29, 0.717) is 58.4 Å². The normalized spacial score (nSPS) is 14.4. The molecule has 314 valence electrons. The van der Waals surface area contributed by atoms with Crippen LogP contribution in [0.1, 0.15) is 11.1 Å². The molecule has 0 atom stereocenters. The zero-order valence-corrected chi connectivity index (χ0v) is 36.0. The first-order valence-electron chi connectivity index (χ1n) is 19.7. The maximum Gasteiger partial charge on any atom is 0.228 e. The molecule has 2 amide bonds. The van der Waals surface area contributed by atoms with Gasteiger partial charge in [-0.1, -0.05) is 58.5 Å². The number of hydrogen-bond acceptors (Lipinski definition) is 10. The van der Waals surface area contributed by atoms with Gasteiger partial charge in [0.25, 0.3) is 0 Å². The number of anilines is 2. The van der Waals surface area contributed by atoms with Crippen molar-refractivity contribution < 1.29 is 9.59 Å². The Hall–Kier alpha value is -6.20. The van der Waals surface area contributed by atoms with E-state index in [1.807, 2.05) is 59.6 Å². The van der Waals surface area contributed by atoms with Gasteiger partial charge >= 0.3 is 0 Å². The molecule has 2 aromatic carbocycles. The Labute approximate surface area is 374 Å². The van der Waals surface area contributed by atoms with Crippen LogP contribution in [0.2, 0.25) is 20.1 Å². The summed E-state index contributed by atoms with van der Waals surface area (Å²) in [4.78, 5) is 42.5. The van der Waals surface area contributed by atoms with E-state index >= 15 is 0 Å². The monoisotopic (exact) mass is 908 g/mol. The Balaban J connectivity index is 0.844. The van der Waals surface area contributed by atoms with Gasteiger partial charge in [-0.25, -0.2) is 19.0 Å². The van der Waals surface area contributed by atoms with Gasteiger partial charge in [-0.3, -0.25) is 19.0 Å². The SMILES string of the molecule is Cn1cc(-c2cc3c(N4CC(N(Cn5cc(-c6cc7c(N8CC(C(=O)NCc9ccc(Cl)cc9Cl)C8)ncnn7c6)cn5)C(=O)Cc5ccc(Cl)cc5Cl)C4)ncnn3c2)cn1. The molecule has 0 unspecified atom stereocenters. The largest absolute Gasteiger partial charge is 0.353 e. The van der Waals surface area contributed by atoms with Crippen LogP contribution in [0.15, 0.2) is 98.4 Å². The second kappa shape index (κ2) is 16.2. The average Bonchev–Trinajstić information content (AvgIpc) is 4.04. The minimum absolute atomic E-state index is 0.0537. The minimum Gasteiger partial charge on any atom is -0.353 e. The first kappa shape index (κ1) is 39.9. The fourth-order valence-electron chi connectivity index (χ4n) is 7.91. The number of halogens is 4. The van der Waals surface area contributed by atoms with Crippen LogP contribution in [-0.2, 0) is 36.3 Å². The molecule has 20 heteroatoms. The van der Waals surface area contributed by atoms with Crippen molar-refractivity contribution in [2.24, 2.45) is 13.0 Å². The third kappa shape index (κ3) is 7.79. The van der Waals surface area contributed by atoms with E-state index in [-0.39, 0.29) is 36.9 Å². The van der Waals surface area contributed by atoms with Crippen molar-refractivity contribution in [3.63, 3.8) is 0 Å². The number of nitrogens with zero attached hydrogens (tertiary/aromatic N) is 13. The molecule has 2 fully saturated rings. The summed E-state index contributed by atoms with van der Waals surface area (Å²) in [5, 5.41) is 22.9. The van der Waals surface area contributed by atoms with Gasteiger partial charge in [0, 0.05) is 107 Å². The third-order valence-electron chi connectivity index (χ3n) is 11.4. The van der Waals surface area contributed by atoms with E-state index < -0.39 is 0 Å². The molecule has 2 aliphatic heterocycles. The lowest BCUT2D eigenvalue weighted by Crippen LogP contribution is -2.61. The zero-order valence-electron chi connectivity index (χ0n) is 33.0. The molecule has 6 aromatic heterocycles. The molecule has 0 bridgehead atoms. The summed E-state index contributed by atoms with van der Waals surface area (Å²) in [5.41, 5.74) is 6.81. The van der Waals surface area contributed by atoms with E-state index in [0.717, 1.165) is 50.5 Å². The highest BCUT2D eigenvalue weighted by molar-refractivity contribution is 6.35. The van der Waals surface area contributed by atoms with E-state index in [2.05, 4.69) is 46.4 Å². The molecule has 8 aromatic rings. The average molecular weight is 911 g/mol. The highest BCUT2D eigenvalue weighted by Gasteiger charge is 2.37. The van der Waals surface area contributed by atoms with Crippen LogP contribution >= 0.6 is 46.4 Å². The highest BCUT2D eigenvalue weighted by atomic mass is 35.5. The standard InChI is InChI=1S/C42H36Cl4N14O2/c1-54-14-29(12-50-54)27-6-38-41(49-23-53-59(38)18-27)56-20-34(21-56)58(39(61)8-25-2-4-32(43)9-35(25)45)24-57-17-30(13-51-57)28-7-37-40(48-22-52-60(37)19-28)55-15-31(16-55)42(62)47-11-26-3-5-33(44)10-36(26)46/h2-7,9-10,12-14,17-19,22-23,31,34H,8,11,15-16,20-21,24H2,1H3,(H,47,62). The summed E-state index contributed by atoms with van der Waals surface area (Å²) in [7, 11) is 1.88. The second-order valence-corrected chi connectivity index (χ2v) is 17.2. The number of benzene rings is 2. The number of nitrogens with one attached hydrogen (secondary N) is 1. The predicted molar refractivity (Wildman–Crippen MR) is 236 cm³/mol. The molecular weight excluding hydrogens is 874 g/mol. The van der Waals surface area contributed by atoms with Crippen molar-refractivity contribution in [2.75, 3.05) is 36.0 Å². The summed E-state index contributed by atoms with van der Waals surface area (Å²) in [5.74, 6) is 1.15. The second-order valence-electron chi connectivity index (χ2n) is 15.5. The summed E-state index contributed by atoms with van der Waals surface area (Å²) < 4.78 is 7.11. The molecule has 16 nitrogen and oxygen atoms in total. The summed E-state index contributed by atoms with van der Waals surface area (Å²) in [6.07, 6.45) is 14.5. The van der Waals surface area contributed by atoms with Gasteiger partial charge in [-0.2, -0.15) is 20.4 Å². The van der Waals surface area contributed by atoms with Gasteiger partial charge in [-0.05, 0) is 47.5 Å². The van der Waals surface area contributed by atoms with Crippen LogP contribution < -0.4 is 15.1 Å². The number of aromatic nitrogens is 10. The molecule has 0 spiro atoms. The third-order valence-corrected chi connectivity index (χ3v) is 12.5. The zero-order chi connectivity index (χ0) is 42.6. The molecule has 2 aliphatic rings. The topological polar surface area (TPSA) is 152 Å². The molecule has 0 radical (unpaired) electrons. The number of aryl methyl sites for hydroxylation is 1. The molecule has 1 N–H and O–H groups in total. The van der Waals surface area contributed by atoms with Crippen LogP contribution in [-0.4, -0.2) is 97.7 Å². The van der Waals surface area contributed by atoms with Gasteiger partial charge in [0.15, 0.2) is 11.6 Å². The maximum absolute atomic E-state index is 14.2. The van der Waals surface area contributed by atoms with Crippen molar-refractivity contribution in [1.82, 2.24) is 59.0 Å². The van der Waals surface area contributed by atoms with Crippen LogP contribution in [0.4, 0.5) is 11.6 Å². The van der Waals surface area contributed by atoms with Gasteiger partial charge in [0.05, 0.1) is 30.8 Å². The lowest BCUT2D eigenvalue weighted by molar-refractivity contribution is -0.135. The molecule has 0 saturated carbocycles. The van der Waals surface area contributed by atoms with E-state index in [4.69, 9.17) is 51.5 Å².